The SMILES string of the molecule is CCCCC[C@H](O)/C=C/[C@H]1[C@H](O)CC(=O)[C@@H]1CCCCCCC(=O)Nc1ccc(CC(=O)c2ccccc2)cc1. The summed E-state index contributed by atoms with van der Waals surface area (Å²) in [6, 6.07) is 16.6. The summed E-state index contributed by atoms with van der Waals surface area (Å²) < 4.78 is 0. The Morgan fingerprint density at radius 2 is 1.70 bits per heavy atom. The summed E-state index contributed by atoms with van der Waals surface area (Å²) in [5.41, 5.74) is 2.31. The molecule has 1 aliphatic carbocycles. The molecule has 0 aromatic heterocycles. The van der Waals surface area contributed by atoms with Crippen LogP contribution in [0.2, 0.25) is 0 Å². The van der Waals surface area contributed by atoms with Gasteiger partial charge in [0.15, 0.2) is 5.78 Å². The number of aliphatic hydroxyl groups is 2. The molecular weight excluding hydrogens is 502 g/mol. The van der Waals surface area contributed by atoms with Crippen molar-refractivity contribution in [3.63, 3.8) is 0 Å². The zero-order valence-electron chi connectivity index (χ0n) is 23.8. The van der Waals surface area contributed by atoms with Crippen LogP contribution in [0.25, 0.3) is 0 Å². The second-order valence-electron chi connectivity index (χ2n) is 11.0. The summed E-state index contributed by atoms with van der Waals surface area (Å²) >= 11 is 0. The van der Waals surface area contributed by atoms with Crippen LogP contribution in [-0.4, -0.2) is 39.9 Å². The number of hydrogen-bond donors (Lipinski definition) is 3. The van der Waals surface area contributed by atoms with Crippen molar-refractivity contribution in [3.8, 4) is 0 Å². The topological polar surface area (TPSA) is 104 Å². The third-order valence-corrected chi connectivity index (χ3v) is 7.76. The summed E-state index contributed by atoms with van der Waals surface area (Å²) in [7, 11) is 0. The summed E-state index contributed by atoms with van der Waals surface area (Å²) in [4.78, 5) is 37.2. The first-order valence-corrected chi connectivity index (χ1v) is 14.9. The highest BCUT2D eigenvalue weighted by Crippen LogP contribution is 2.34. The lowest BCUT2D eigenvalue weighted by atomic mass is 9.88. The Balaban J connectivity index is 1.32. The van der Waals surface area contributed by atoms with Gasteiger partial charge in [0.05, 0.1) is 12.2 Å². The number of Topliss-reactive ketones (excluding diaryl/α,β-unsaturated/α-hetero) is 2. The van der Waals surface area contributed by atoms with Crippen molar-refractivity contribution < 1.29 is 24.6 Å². The predicted octanol–water partition coefficient (Wildman–Crippen LogP) is 6.45. The van der Waals surface area contributed by atoms with Gasteiger partial charge in [-0.2, -0.15) is 0 Å². The summed E-state index contributed by atoms with van der Waals surface area (Å²) in [5, 5.41) is 23.5. The molecule has 216 valence electrons. The Morgan fingerprint density at radius 1 is 0.975 bits per heavy atom. The largest absolute Gasteiger partial charge is 0.392 e. The number of ketones is 2. The molecule has 0 spiro atoms. The molecule has 3 rings (SSSR count). The van der Waals surface area contributed by atoms with E-state index in [2.05, 4.69) is 12.2 Å². The second kappa shape index (κ2) is 16.9. The van der Waals surface area contributed by atoms with E-state index in [1.165, 1.54) is 0 Å². The van der Waals surface area contributed by atoms with Gasteiger partial charge in [0, 0.05) is 42.3 Å². The van der Waals surface area contributed by atoms with Crippen molar-refractivity contribution in [3.05, 3.63) is 77.9 Å². The molecule has 0 saturated heterocycles. The van der Waals surface area contributed by atoms with Gasteiger partial charge < -0.3 is 15.5 Å². The fourth-order valence-electron chi connectivity index (χ4n) is 5.39. The standard InChI is InChI=1S/C34H45NO5/c1-2-3-7-14-28(36)21-22-30-29(32(38)24-33(30)39)15-10-4-5-11-16-34(40)35-27-19-17-25(18-20-27)23-31(37)26-12-8-6-9-13-26/h6,8-9,12-13,17-22,28-30,33,36,39H,2-5,7,10-11,14-16,23-24H2,1H3,(H,35,40)/b22-21+/t28-,29+,30+,33+/m0/s1. The predicted molar refractivity (Wildman–Crippen MR) is 159 cm³/mol. The van der Waals surface area contributed by atoms with Gasteiger partial charge in [0.2, 0.25) is 5.91 Å². The molecule has 6 heteroatoms. The second-order valence-corrected chi connectivity index (χ2v) is 11.0. The number of aliphatic hydroxyl groups excluding tert-OH is 2. The number of carbonyl (C=O) groups excluding carboxylic acids is 3. The molecule has 2 aromatic rings. The minimum absolute atomic E-state index is 0.0371. The molecule has 1 saturated carbocycles. The average Bonchev–Trinajstić information content (AvgIpc) is 3.22. The number of carbonyl (C=O) groups is 3. The summed E-state index contributed by atoms with van der Waals surface area (Å²) in [6.45, 7) is 2.13. The smallest absolute Gasteiger partial charge is 0.224 e. The summed E-state index contributed by atoms with van der Waals surface area (Å²) in [6.07, 6.45) is 11.4. The van der Waals surface area contributed by atoms with Crippen LogP contribution in [0.15, 0.2) is 66.7 Å². The number of rotatable bonds is 17. The Bertz CT molecular complexity index is 1100. The van der Waals surface area contributed by atoms with E-state index in [1.54, 1.807) is 6.08 Å². The Morgan fingerprint density at radius 3 is 2.42 bits per heavy atom. The lowest BCUT2D eigenvalue weighted by Gasteiger charge is -2.18. The monoisotopic (exact) mass is 547 g/mol. The molecule has 2 aromatic carbocycles. The molecule has 0 heterocycles. The molecule has 0 bridgehead atoms. The van der Waals surface area contributed by atoms with E-state index < -0.39 is 12.2 Å². The first-order chi connectivity index (χ1) is 19.4. The molecule has 0 unspecified atom stereocenters. The normalized spacial score (nSPS) is 19.7. The van der Waals surface area contributed by atoms with Crippen LogP contribution < -0.4 is 5.32 Å². The highest BCUT2D eigenvalue weighted by atomic mass is 16.3. The van der Waals surface area contributed by atoms with Gasteiger partial charge in [0.1, 0.15) is 5.78 Å². The van der Waals surface area contributed by atoms with E-state index in [9.17, 15) is 24.6 Å². The highest BCUT2D eigenvalue weighted by molar-refractivity contribution is 5.97. The Kier molecular flexibility index (Phi) is 13.3. The molecular formula is C34H45NO5. The van der Waals surface area contributed by atoms with Crippen LogP contribution >= 0.6 is 0 Å². The fourth-order valence-corrected chi connectivity index (χ4v) is 5.39. The Labute approximate surface area is 238 Å². The molecule has 4 atom stereocenters. The lowest BCUT2D eigenvalue weighted by molar-refractivity contribution is -0.121. The average molecular weight is 548 g/mol. The Hall–Kier alpha value is -3.09. The fraction of sp³-hybridized carbons (Fsp3) is 0.500. The number of benzene rings is 2. The molecule has 1 aliphatic rings. The molecule has 0 radical (unpaired) electrons. The van der Waals surface area contributed by atoms with E-state index in [4.69, 9.17) is 0 Å². The van der Waals surface area contributed by atoms with Crippen molar-refractivity contribution in [2.75, 3.05) is 5.32 Å². The van der Waals surface area contributed by atoms with Crippen molar-refractivity contribution >= 4 is 23.2 Å². The van der Waals surface area contributed by atoms with E-state index in [0.29, 0.717) is 30.5 Å². The minimum atomic E-state index is -0.668. The number of nitrogens with one attached hydrogen (secondary N) is 1. The first-order valence-electron chi connectivity index (χ1n) is 14.9. The van der Waals surface area contributed by atoms with Crippen LogP contribution in [0.3, 0.4) is 0 Å². The zero-order chi connectivity index (χ0) is 28.7. The maximum absolute atomic E-state index is 12.4. The van der Waals surface area contributed by atoms with Crippen molar-refractivity contribution in [1.29, 1.82) is 0 Å². The van der Waals surface area contributed by atoms with Crippen molar-refractivity contribution in [2.45, 2.75) is 96.2 Å². The van der Waals surface area contributed by atoms with Gasteiger partial charge in [-0.25, -0.2) is 0 Å². The van der Waals surface area contributed by atoms with Gasteiger partial charge in [-0.3, -0.25) is 14.4 Å². The maximum Gasteiger partial charge on any atom is 0.224 e. The van der Waals surface area contributed by atoms with E-state index >= 15 is 0 Å². The van der Waals surface area contributed by atoms with Crippen LogP contribution in [-0.2, 0) is 16.0 Å². The quantitative estimate of drug-likeness (QED) is 0.120. The van der Waals surface area contributed by atoms with Crippen LogP contribution in [0.5, 0.6) is 0 Å². The number of amides is 1. The number of anilines is 1. The minimum Gasteiger partial charge on any atom is -0.392 e. The van der Waals surface area contributed by atoms with Crippen LogP contribution in [0.1, 0.15) is 93.5 Å². The third kappa shape index (κ3) is 10.5. The van der Waals surface area contributed by atoms with Gasteiger partial charge in [-0.1, -0.05) is 100 Å². The summed E-state index contributed by atoms with van der Waals surface area (Å²) in [5.74, 6) is -0.276. The van der Waals surface area contributed by atoms with Gasteiger partial charge >= 0.3 is 0 Å². The third-order valence-electron chi connectivity index (χ3n) is 7.76. The van der Waals surface area contributed by atoms with E-state index in [0.717, 1.165) is 56.9 Å². The molecule has 6 nitrogen and oxygen atoms in total. The van der Waals surface area contributed by atoms with Crippen molar-refractivity contribution in [1.82, 2.24) is 0 Å². The van der Waals surface area contributed by atoms with Crippen molar-refractivity contribution in [2.24, 2.45) is 11.8 Å². The van der Waals surface area contributed by atoms with Crippen LogP contribution in [0.4, 0.5) is 5.69 Å². The molecule has 3 N–H and O–H groups in total. The van der Waals surface area contributed by atoms with Gasteiger partial charge in [0.25, 0.3) is 0 Å². The lowest BCUT2D eigenvalue weighted by Crippen LogP contribution is -2.19. The van der Waals surface area contributed by atoms with Gasteiger partial charge in [-0.15, -0.1) is 0 Å². The molecule has 1 fully saturated rings. The molecule has 40 heavy (non-hydrogen) atoms. The molecule has 0 aliphatic heterocycles. The number of hydrogen-bond acceptors (Lipinski definition) is 5. The van der Waals surface area contributed by atoms with Gasteiger partial charge in [-0.05, 0) is 37.0 Å². The molecule has 1 amide bonds. The van der Waals surface area contributed by atoms with E-state index in [-0.39, 0.29) is 35.7 Å². The van der Waals surface area contributed by atoms with Crippen LogP contribution in [0, 0.1) is 11.8 Å². The zero-order valence-corrected chi connectivity index (χ0v) is 23.8. The maximum atomic E-state index is 12.4. The number of unbranched alkanes of at least 4 members (excludes halogenated alkanes) is 5. The van der Waals surface area contributed by atoms with E-state index in [1.807, 2.05) is 60.7 Å². The first kappa shape index (κ1) is 31.4. The highest BCUT2D eigenvalue weighted by Gasteiger charge is 2.39.